The van der Waals surface area contributed by atoms with Crippen LogP contribution in [0.3, 0.4) is 0 Å². The molecule has 2 rings (SSSR count). The predicted octanol–water partition coefficient (Wildman–Crippen LogP) is 3.08. The lowest BCUT2D eigenvalue weighted by Crippen LogP contribution is -2.47. The van der Waals surface area contributed by atoms with Gasteiger partial charge in [-0.05, 0) is 49.7 Å². The molecule has 1 aromatic rings. The number of nitriles is 1. The molecule has 19 heavy (non-hydrogen) atoms. The fraction of sp³-hybridized carbons (Fsp3) is 0.769. The van der Waals surface area contributed by atoms with Crippen molar-refractivity contribution in [3.05, 3.63) is 6.33 Å². The molecule has 1 saturated carbocycles. The van der Waals surface area contributed by atoms with E-state index in [1.54, 1.807) is 18.1 Å². The van der Waals surface area contributed by atoms with Crippen molar-refractivity contribution in [2.75, 3.05) is 12.3 Å². The van der Waals surface area contributed by atoms with E-state index in [0.717, 1.165) is 35.9 Å². The second kappa shape index (κ2) is 7.22. The second-order valence-electron chi connectivity index (χ2n) is 4.94. The molecule has 0 saturated heterocycles. The normalized spacial score (nSPS) is 26.4. The highest BCUT2D eigenvalue weighted by molar-refractivity contribution is 8.00. The molecule has 1 aliphatic carbocycles. The van der Waals surface area contributed by atoms with Gasteiger partial charge >= 0.3 is 0 Å². The molecule has 0 bridgehead atoms. The highest BCUT2D eigenvalue weighted by Crippen LogP contribution is 2.38. The average Bonchev–Trinajstić information content (AvgIpc) is 3.07. The van der Waals surface area contributed by atoms with Crippen LogP contribution in [0, 0.1) is 17.2 Å². The van der Waals surface area contributed by atoms with Crippen LogP contribution < -0.4 is 5.32 Å². The van der Waals surface area contributed by atoms with E-state index in [4.69, 9.17) is 0 Å². The number of nitrogens with zero attached hydrogens (tertiary/aromatic N) is 3. The molecular formula is C13H20N4S2. The Hall–Kier alpha value is -0.640. The first-order valence-electron chi connectivity index (χ1n) is 6.86. The van der Waals surface area contributed by atoms with E-state index in [2.05, 4.69) is 27.7 Å². The largest absolute Gasteiger partial charge is 0.299 e. The monoisotopic (exact) mass is 296 g/mol. The molecule has 104 valence electrons. The Morgan fingerprint density at radius 2 is 2.58 bits per heavy atom. The summed E-state index contributed by atoms with van der Waals surface area (Å²) in [4.78, 5) is 4.18. The number of hydrogen-bond acceptors (Lipinski definition) is 6. The summed E-state index contributed by atoms with van der Waals surface area (Å²) in [5, 5.41) is 13.0. The van der Waals surface area contributed by atoms with Crippen molar-refractivity contribution < 1.29 is 0 Å². The van der Waals surface area contributed by atoms with Crippen LogP contribution in [-0.4, -0.2) is 27.2 Å². The van der Waals surface area contributed by atoms with Gasteiger partial charge in [0.1, 0.15) is 11.9 Å². The van der Waals surface area contributed by atoms with Crippen molar-refractivity contribution >= 4 is 23.3 Å². The van der Waals surface area contributed by atoms with Gasteiger partial charge in [0.15, 0.2) is 4.34 Å². The van der Waals surface area contributed by atoms with Gasteiger partial charge in [-0.1, -0.05) is 25.1 Å². The Labute approximate surface area is 123 Å². The summed E-state index contributed by atoms with van der Waals surface area (Å²) in [6.45, 7) is 3.08. The molecule has 6 heteroatoms. The Morgan fingerprint density at radius 1 is 1.68 bits per heavy atom. The molecule has 2 unspecified atom stereocenters. The maximum absolute atomic E-state index is 9.56. The van der Waals surface area contributed by atoms with Gasteiger partial charge in [0.2, 0.25) is 0 Å². The fourth-order valence-electron chi connectivity index (χ4n) is 2.75. The predicted molar refractivity (Wildman–Crippen MR) is 79.2 cm³/mol. The van der Waals surface area contributed by atoms with E-state index in [0.29, 0.717) is 5.92 Å². The molecule has 0 aromatic carbocycles. The molecule has 0 spiro atoms. The number of thioether (sulfide) groups is 1. The molecule has 1 aromatic heterocycles. The molecule has 0 amide bonds. The van der Waals surface area contributed by atoms with E-state index in [1.165, 1.54) is 24.4 Å². The first-order valence-corrected chi connectivity index (χ1v) is 8.62. The van der Waals surface area contributed by atoms with Crippen LogP contribution in [0.2, 0.25) is 0 Å². The Bertz CT molecular complexity index is 415. The van der Waals surface area contributed by atoms with Crippen LogP contribution in [-0.2, 0) is 0 Å². The summed E-state index contributed by atoms with van der Waals surface area (Å²) >= 11 is 3.20. The van der Waals surface area contributed by atoms with Gasteiger partial charge in [-0.15, -0.1) is 0 Å². The smallest absolute Gasteiger partial charge is 0.169 e. The van der Waals surface area contributed by atoms with Crippen LogP contribution in [0.5, 0.6) is 0 Å². The lowest BCUT2D eigenvalue weighted by Gasteiger charge is -2.29. The fourth-order valence-corrected chi connectivity index (χ4v) is 4.32. The number of rotatable bonds is 7. The minimum atomic E-state index is -0.280. The highest BCUT2D eigenvalue weighted by Gasteiger charge is 2.42. The van der Waals surface area contributed by atoms with E-state index < -0.39 is 0 Å². The SMILES string of the molecule is CCCNC1(C#N)CCCC1CCSc1ncns1. The number of aromatic nitrogens is 2. The third-order valence-electron chi connectivity index (χ3n) is 3.74. The van der Waals surface area contributed by atoms with Crippen LogP contribution in [0.1, 0.15) is 39.0 Å². The maximum atomic E-state index is 9.56. The van der Waals surface area contributed by atoms with E-state index >= 15 is 0 Å². The molecule has 2 atom stereocenters. The Balaban J connectivity index is 1.85. The molecule has 1 N–H and O–H groups in total. The summed E-state index contributed by atoms with van der Waals surface area (Å²) in [6.07, 6.45) is 7.09. The average molecular weight is 296 g/mol. The van der Waals surface area contributed by atoms with Crippen LogP contribution in [0.4, 0.5) is 0 Å². The third-order valence-corrected chi connectivity index (χ3v) is 5.57. The van der Waals surface area contributed by atoms with Gasteiger partial charge in [-0.3, -0.25) is 5.32 Å². The van der Waals surface area contributed by atoms with Crippen molar-refractivity contribution in [3.8, 4) is 6.07 Å². The van der Waals surface area contributed by atoms with Crippen LogP contribution >= 0.6 is 23.3 Å². The van der Waals surface area contributed by atoms with Crippen LogP contribution in [0.25, 0.3) is 0 Å². The quantitative estimate of drug-likeness (QED) is 0.783. The zero-order valence-corrected chi connectivity index (χ0v) is 12.9. The topological polar surface area (TPSA) is 61.6 Å². The zero-order chi connectivity index (χ0) is 13.6. The van der Waals surface area contributed by atoms with E-state index in [-0.39, 0.29) is 5.54 Å². The van der Waals surface area contributed by atoms with Gasteiger partial charge < -0.3 is 0 Å². The number of hydrogen-bond donors (Lipinski definition) is 1. The van der Waals surface area contributed by atoms with Gasteiger partial charge in [-0.2, -0.15) is 9.64 Å². The molecular weight excluding hydrogens is 276 g/mol. The van der Waals surface area contributed by atoms with Crippen LogP contribution in [0.15, 0.2) is 10.7 Å². The first kappa shape index (κ1) is 14.8. The Morgan fingerprint density at radius 3 is 3.26 bits per heavy atom. The highest BCUT2D eigenvalue weighted by atomic mass is 32.2. The summed E-state index contributed by atoms with van der Waals surface area (Å²) in [5.41, 5.74) is -0.280. The van der Waals surface area contributed by atoms with E-state index in [1.807, 2.05) is 0 Å². The van der Waals surface area contributed by atoms with Gasteiger partial charge in [0, 0.05) is 5.75 Å². The second-order valence-corrected chi connectivity index (χ2v) is 7.07. The zero-order valence-electron chi connectivity index (χ0n) is 11.3. The summed E-state index contributed by atoms with van der Waals surface area (Å²) in [6, 6.07) is 2.56. The number of nitrogens with one attached hydrogen (secondary N) is 1. The first-order chi connectivity index (χ1) is 9.30. The van der Waals surface area contributed by atoms with Crippen molar-refractivity contribution in [3.63, 3.8) is 0 Å². The van der Waals surface area contributed by atoms with E-state index in [9.17, 15) is 5.26 Å². The van der Waals surface area contributed by atoms with Crippen molar-refractivity contribution in [2.24, 2.45) is 5.92 Å². The molecule has 1 fully saturated rings. The minimum Gasteiger partial charge on any atom is -0.299 e. The van der Waals surface area contributed by atoms with Gasteiger partial charge in [0.25, 0.3) is 0 Å². The van der Waals surface area contributed by atoms with Gasteiger partial charge in [0.05, 0.1) is 6.07 Å². The summed E-state index contributed by atoms with van der Waals surface area (Å²) < 4.78 is 5.03. The molecule has 0 aliphatic heterocycles. The minimum absolute atomic E-state index is 0.280. The maximum Gasteiger partial charge on any atom is 0.169 e. The van der Waals surface area contributed by atoms with Crippen molar-refractivity contribution in [1.29, 1.82) is 5.26 Å². The molecule has 1 aliphatic rings. The summed E-state index contributed by atoms with van der Waals surface area (Å²) in [7, 11) is 0. The lowest BCUT2D eigenvalue weighted by atomic mass is 9.86. The standard InChI is InChI=1S/C13H20N4S2/c1-2-7-16-13(9-14)6-3-4-11(13)5-8-18-12-15-10-17-19-12/h10-11,16H,2-8H2,1H3. The molecule has 4 nitrogen and oxygen atoms in total. The lowest BCUT2D eigenvalue weighted by molar-refractivity contribution is 0.311. The molecule has 1 heterocycles. The van der Waals surface area contributed by atoms with Crippen molar-refractivity contribution in [1.82, 2.24) is 14.7 Å². The summed E-state index contributed by atoms with van der Waals surface area (Å²) in [5.74, 6) is 1.50. The molecule has 0 radical (unpaired) electrons. The third kappa shape index (κ3) is 3.68. The Kier molecular flexibility index (Phi) is 5.61. The van der Waals surface area contributed by atoms with Crippen molar-refractivity contribution in [2.45, 2.75) is 48.9 Å². The van der Waals surface area contributed by atoms with Gasteiger partial charge in [-0.25, -0.2) is 4.98 Å².